The lowest BCUT2D eigenvalue weighted by molar-refractivity contribution is 1.13. The highest BCUT2D eigenvalue weighted by Gasteiger charge is 2.21. The van der Waals surface area contributed by atoms with Crippen LogP contribution < -0.4 is 0 Å². The molecule has 0 bridgehead atoms. The van der Waals surface area contributed by atoms with Gasteiger partial charge < -0.3 is 4.57 Å². The zero-order chi connectivity index (χ0) is 47.2. The molecule has 0 radical (unpaired) electrons. The van der Waals surface area contributed by atoms with Gasteiger partial charge in [-0.25, -0.2) is 9.98 Å². The van der Waals surface area contributed by atoms with Gasteiger partial charge in [-0.3, -0.25) is 4.57 Å². The van der Waals surface area contributed by atoms with Gasteiger partial charge in [-0.15, -0.1) is 0 Å². The number of allylic oxidation sites excluding steroid dienone is 1. The number of fused-ring (bicyclic) bond motifs is 6. The Labute approximate surface area is 401 Å². The van der Waals surface area contributed by atoms with Crippen molar-refractivity contribution in [2.24, 2.45) is 9.98 Å². The van der Waals surface area contributed by atoms with Crippen molar-refractivity contribution in [2.45, 2.75) is 41.0 Å². The monoisotopic (exact) mass is 882 g/mol. The van der Waals surface area contributed by atoms with Crippen LogP contribution in [-0.2, 0) is 6.42 Å². The molecule has 0 N–H and O–H groups in total. The third-order valence-electron chi connectivity index (χ3n) is 11.8. The van der Waals surface area contributed by atoms with Gasteiger partial charge in [0.05, 0.1) is 22.1 Å². The van der Waals surface area contributed by atoms with Crippen molar-refractivity contribution < 1.29 is 0 Å². The Balaban J connectivity index is 0.000000569. The number of nitrogens with zero attached hydrogens (tertiary/aromatic N) is 4. The summed E-state index contributed by atoms with van der Waals surface area (Å²) in [6.45, 7) is 13.7. The van der Waals surface area contributed by atoms with Crippen LogP contribution in [0.1, 0.15) is 40.2 Å². The summed E-state index contributed by atoms with van der Waals surface area (Å²) < 4.78 is 4.70. The number of para-hydroxylation sites is 2. The Kier molecular flexibility index (Phi) is 15.1. The molecule has 68 heavy (non-hydrogen) atoms. The smallest absolute Gasteiger partial charge is 0.136 e. The third-order valence-corrected chi connectivity index (χ3v) is 11.8. The molecule has 4 heteroatoms. The zero-order valence-electron chi connectivity index (χ0n) is 39.7. The molecule has 2 heterocycles. The summed E-state index contributed by atoms with van der Waals surface area (Å²) in [5, 5.41) is 4.77. The number of hydrogen-bond donors (Lipinski definition) is 0. The number of aliphatic imine (C=N–C) groups is 2. The first kappa shape index (κ1) is 46.2. The molecular formula is C64H58N4. The number of benzene rings is 9. The predicted molar refractivity (Wildman–Crippen MR) is 296 cm³/mol. The van der Waals surface area contributed by atoms with Crippen molar-refractivity contribution >= 4 is 62.0 Å². The van der Waals surface area contributed by atoms with E-state index in [1.807, 2.05) is 71.0 Å². The SMILES string of the molecule is C=N/C(C)=N\C(=C/Cc1ccccc1)n1c2ccc(-c3ccc4c(c3)c3ccccc3n4-c3ccccc3)cc2c2cc(-c3ccccc3)cc(-c3ccccc3)c21.CC.CC.c1ccccc1. The first-order valence-corrected chi connectivity index (χ1v) is 23.7. The molecule has 9 aromatic carbocycles. The highest BCUT2D eigenvalue weighted by atomic mass is 15.1. The Morgan fingerprint density at radius 1 is 0.441 bits per heavy atom. The number of aromatic nitrogens is 2. The summed E-state index contributed by atoms with van der Waals surface area (Å²) in [6.07, 6.45) is 2.93. The lowest BCUT2D eigenvalue weighted by Crippen LogP contribution is -2.00. The van der Waals surface area contributed by atoms with Crippen LogP contribution in [0.2, 0.25) is 0 Å². The minimum absolute atomic E-state index is 0.607. The first-order chi connectivity index (χ1) is 33.6. The second-order valence-electron chi connectivity index (χ2n) is 15.9. The molecule has 0 saturated heterocycles. The molecule has 0 fully saturated rings. The molecule has 0 saturated carbocycles. The fourth-order valence-corrected chi connectivity index (χ4v) is 8.80. The molecule has 0 atom stereocenters. The average Bonchev–Trinajstić information content (AvgIpc) is 3.94. The van der Waals surface area contributed by atoms with Crippen LogP contribution >= 0.6 is 0 Å². The van der Waals surface area contributed by atoms with E-state index in [2.05, 4.69) is 221 Å². The van der Waals surface area contributed by atoms with Gasteiger partial charge in [0.1, 0.15) is 11.7 Å². The summed E-state index contributed by atoms with van der Waals surface area (Å²) in [7, 11) is 0. The molecule has 0 amide bonds. The van der Waals surface area contributed by atoms with Crippen LogP contribution in [0.3, 0.4) is 0 Å². The van der Waals surface area contributed by atoms with Crippen LogP contribution in [0, 0.1) is 0 Å². The maximum Gasteiger partial charge on any atom is 0.136 e. The quantitative estimate of drug-likeness (QED) is 0.108. The second-order valence-corrected chi connectivity index (χ2v) is 15.9. The minimum atomic E-state index is 0.607. The Morgan fingerprint density at radius 2 is 0.912 bits per heavy atom. The predicted octanol–water partition coefficient (Wildman–Crippen LogP) is 17.8. The van der Waals surface area contributed by atoms with Crippen LogP contribution in [0.4, 0.5) is 0 Å². The lowest BCUT2D eigenvalue weighted by atomic mass is 9.95. The molecule has 0 spiro atoms. The molecule has 0 aliphatic heterocycles. The van der Waals surface area contributed by atoms with Crippen LogP contribution in [0.5, 0.6) is 0 Å². The van der Waals surface area contributed by atoms with E-state index in [1.54, 1.807) is 0 Å². The van der Waals surface area contributed by atoms with Gasteiger partial charge in [-0.1, -0.05) is 204 Å². The standard InChI is InChI=1S/C54H40N4.C6H6.2C2H6/c1-37(55-2)56-53(32-27-38-17-7-3-8-18-38)58-52-31-29-42(41-28-30-51-47(33-41)45-25-15-16-26-50(45)57(51)44-23-13-6-14-24-44)34-48(52)49-36-43(39-19-9-4-10-20-39)35-46(54(49)58)40-21-11-5-12-22-40;1-2-4-6-5-3-1;2*1-2/h3-26,28-36H,2,27H2,1H3;1-6H;2*1-2H3/b53-32+,56-37-;;;. The molecule has 0 aliphatic rings. The van der Waals surface area contributed by atoms with Crippen molar-refractivity contribution in [3.8, 4) is 39.1 Å². The third kappa shape index (κ3) is 9.77. The molecule has 0 aliphatic carbocycles. The van der Waals surface area contributed by atoms with E-state index >= 15 is 0 Å². The van der Waals surface area contributed by atoms with E-state index in [4.69, 9.17) is 4.99 Å². The van der Waals surface area contributed by atoms with Crippen molar-refractivity contribution in [1.82, 2.24) is 9.13 Å². The molecule has 0 unspecified atom stereocenters. The van der Waals surface area contributed by atoms with Gasteiger partial charge >= 0.3 is 0 Å². The van der Waals surface area contributed by atoms with Crippen molar-refractivity contribution in [3.63, 3.8) is 0 Å². The molecule has 334 valence electrons. The van der Waals surface area contributed by atoms with Gasteiger partial charge in [0, 0.05) is 32.8 Å². The summed E-state index contributed by atoms with van der Waals surface area (Å²) in [5.41, 5.74) is 13.8. The maximum absolute atomic E-state index is 5.15. The second kappa shape index (κ2) is 22.2. The fraction of sp³-hybridized carbons (Fsp3) is 0.0938. The summed E-state index contributed by atoms with van der Waals surface area (Å²) >= 11 is 0. The maximum atomic E-state index is 5.15. The van der Waals surface area contributed by atoms with Crippen molar-refractivity contribution in [1.29, 1.82) is 0 Å². The van der Waals surface area contributed by atoms with Gasteiger partial charge in [0.15, 0.2) is 0 Å². The molecule has 11 rings (SSSR count). The van der Waals surface area contributed by atoms with Crippen molar-refractivity contribution in [2.75, 3.05) is 0 Å². The van der Waals surface area contributed by atoms with E-state index in [0.717, 1.165) is 55.6 Å². The van der Waals surface area contributed by atoms with Gasteiger partial charge in [0.2, 0.25) is 0 Å². The molecule has 4 nitrogen and oxygen atoms in total. The molecular weight excluding hydrogens is 825 g/mol. The van der Waals surface area contributed by atoms with Gasteiger partial charge in [0.25, 0.3) is 0 Å². The van der Waals surface area contributed by atoms with Crippen LogP contribution in [-0.4, -0.2) is 21.7 Å². The minimum Gasteiger partial charge on any atom is -0.309 e. The summed E-state index contributed by atoms with van der Waals surface area (Å²) in [4.78, 5) is 9.40. The van der Waals surface area contributed by atoms with E-state index in [-0.39, 0.29) is 0 Å². The highest BCUT2D eigenvalue weighted by Crippen LogP contribution is 2.43. The van der Waals surface area contributed by atoms with Crippen molar-refractivity contribution in [3.05, 3.63) is 242 Å². The Morgan fingerprint density at radius 3 is 1.51 bits per heavy atom. The first-order valence-electron chi connectivity index (χ1n) is 23.7. The number of amidine groups is 1. The topological polar surface area (TPSA) is 34.6 Å². The zero-order valence-corrected chi connectivity index (χ0v) is 39.7. The average molecular weight is 883 g/mol. The van der Waals surface area contributed by atoms with Crippen LogP contribution in [0.25, 0.3) is 88.5 Å². The fourth-order valence-electron chi connectivity index (χ4n) is 8.80. The lowest BCUT2D eigenvalue weighted by Gasteiger charge is -2.14. The highest BCUT2D eigenvalue weighted by molar-refractivity contribution is 6.17. The van der Waals surface area contributed by atoms with E-state index in [9.17, 15) is 0 Å². The number of hydrogen-bond acceptors (Lipinski definition) is 1. The van der Waals surface area contributed by atoms with E-state index in [0.29, 0.717) is 12.3 Å². The molecule has 11 aromatic rings. The normalized spacial score (nSPS) is 11.3. The molecule has 2 aromatic heterocycles. The van der Waals surface area contributed by atoms with Gasteiger partial charge in [-0.05, 0) is 114 Å². The van der Waals surface area contributed by atoms with Crippen LogP contribution in [0.15, 0.2) is 247 Å². The van der Waals surface area contributed by atoms with E-state index < -0.39 is 0 Å². The summed E-state index contributed by atoms with van der Waals surface area (Å²) in [5.74, 6) is 1.41. The van der Waals surface area contributed by atoms with E-state index in [1.165, 1.54) is 38.5 Å². The number of rotatable bonds is 8. The van der Waals surface area contributed by atoms with Gasteiger partial charge in [-0.2, -0.15) is 0 Å². The Bertz CT molecular complexity index is 3430. The Hall–Kier alpha value is -8.34. The summed E-state index contributed by atoms with van der Waals surface area (Å²) in [6, 6.07) is 81.7. The largest absolute Gasteiger partial charge is 0.309 e.